The Morgan fingerprint density at radius 3 is 2.80 bits per heavy atom. The van der Waals surface area contributed by atoms with Gasteiger partial charge in [0.25, 0.3) is 0 Å². The SMILES string of the molecule is CC(C)(CO)CN1CCC(n2nccc2NC(=O)C2CCOC2)CC1. The molecule has 7 heteroatoms. The minimum atomic E-state index is -0.0684. The summed E-state index contributed by atoms with van der Waals surface area (Å²) in [5, 5.41) is 16.9. The van der Waals surface area contributed by atoms with E-state index in [-0.39, 0.29) is 23.8 Å². The van der Waals surface area contributed by atoms with Gasteiger partial charge in [-0.2, -0.15) is 5.10 Å². The maximum atomic E-state index is 12.3. The van der Waals surface area contributed by atoms with Gasteiger partial charge in [-0.25, -0.2) is 4.68 Å². The molecule has 0 aromatic carbocycles. The highest BCUT2D eigenvalue weighted by Gasteiger charge is 2.28. The van der Waals surface area contributed by atoms with Gasteiger partial charge in [-0.15, -0.1) is 0 Å². The Bertz CT molecular complexity index is 573. The van der Waals surface area contributed by atoms with Crippen molar-refractivity contribution >= 4 is 11.7 Å². The Morgan fingerprint density at radius 1 is 1.40 bits per heavy atom. The van der Waals surface area contributed by atoms with Gasteiger partial charge in [0.2, 0.25) is 5.91 Å². The first kappa shape index (κ1) is 18.4. The first-order valence-electron chi connectivity index (χ1n) is 9.24. The van der Waals surface area contributed by atoms with Gasteiger partial charge in [-0.05, 0) is 19.3 Å². The number of nitrogens with one attached hydrogen (secondary N) is 1. The summed E-state index contributed by atoms with van der Waals surface area (Å²) in [4.78, 5) is 14.7. The van der Waals surface area contributed by atoms with E-state index in [4.69, 9.17) is 4.74 Å². The lowest BCUT2D eigenvalue weighted by Gasteiger charge is -2.37. The predicted octanol–water partition coefficient (Wildman–Crippen LogP) is 1.51. The molecule has 3 rings (SSSR count). The zero-order valence-electron chi connectivity index (χ0n) is 15.3. The summed E-state index contributed by atoms with van der Waals surface area (Å²) in [7, 11) is 0. The number of ether oxygens (including phenoxy) is 1. The summed E-state index contributed by atoms with van der Waals surface area (Å²) < 4.78 is 7.26. The molecule has 0 bridgehead atoms. The Balaban J connectivity index is 1.55. The highest BCUT2D eigenvalue weighted by atomic mass is 16.5. The quantitative estimate of drug-likeness (QED) is 0.813. The summed E-state index contributed by atoms with van der Waals surface area (Å²) in [6.07, 6.45) is 4.54. The van der Waals surface area contributed by atoms with Crippen molar-refractivity contribution in [3.8, 4) is 0 Å². The van der Waals surface area contributed by atoms with Crippen LogP contribution in [0.5, 0.6) is 0 Å². The van der Waals surface area contributed by atoms with E-state index in [1.54, 1.807) is 6.20 Å². The number of carbonyl (C=O) groups excluding carboxylic acids is 1. The monoisotopic (exact) mass is 350 g/mol. The van der Waals surface area contributed by atoms with Crippen LogP contribution in [-0.4, -0.2) is 65.1 Å². The van der Waals surface area contributed by atoms with E-state index in [0.717, 1.165) is 44.7 Å². The average Bonchev–Trinajstić information content (AvgIpc) is 3.27. The van der Waals surface area contributed by atoms with Crippen LogP contribution in [-0.2, 0) is 9.53 Å². The van der Waals surface area contributed by atoms with Crippen LogP contribution in [0.15, 0.2) is 12.3 Å². The number of rotatable bonds is 6. The Labute approximate surface area is 149 Å². The highest BCUT2D eigenvalue weighted by molar-refractivity contribution is 5.92. The molecular weight excluding hydrogens is 320 g/mol. The number of amides is 1. The Hall–Kier alpha value is -1.44. The van der Waals surface area contributed by atoms with Crippen molar-refractivity contribution in [2.75, 3.05) is 44.8 Å². The van der Waals surface area contributed by atoms with Gasteiger partial charge in [0.1, 0.15) is 5.82 Å². The molecule has 2 aliphatic heterocycles. The van der Waals surface area contributed by atoms with Gasteiger partial charge in [0.15, 0.2) is 0 Å². The number of piperidine rings is 1. The molecule has 2 fully saturated rings. The molecule has 1 aromatic heterocycles. The Morgan fingerprint density at radius 2 is 2.16 bits per heavy atom. The number of nitrogens with zero attached hydrogens (tertiary/aromatic N) is 3. The first-order valence-corrected chi connectivity index (χ1v) is 9.24. The fraction of sp³-hybridized carbons (Fsp3) is 0.778. The average molecular weight is 350 g/mol. The van der Waals surface area contributed by atoms with Gasteiger partial charge < -0.3 is 20.1 Å². The predicted molar refractivity (Wildman–Crippen MR) is 95.4 cm³/mol. The molecule has 7 nitrogen and oxygen atoms in total. The third kappa shape index (κ3) is 4.59. The van der Waals surface area contributed by atoms with E-state index < -0.39 is 0 Å². The smallest absolute Gasteiger partial charge is 0.231 e. The second kappa shape index (κ2) is 7.85. The van der Waals surface area contributed by atoms with Crippen molar-refractivity contribution < 1.29 is 14.6 Å². The minimum absolute atomic E-state index is 0.0291. The van der Waals surface area contributed by atoms with Gasteiger partial charge in [0, 0.05) is 44.3 Å². The van der Waals surface area contributed by atoms with Crippen molar-refractivity contribution in [2.24, 2.45) is 11.3 Å². The van der Waals surface area contributed by atoms with E-state index in [1.807, 2.05) is 10.7 Å². The molecule has 0 spiro atoms. The fourth-order valence-electron chi connectivity index (χ4n) is 3.65. The van der Waals surface area contributed by atoms with E-state index in [2.05, 4.69) is 29.2 Å². The third-order valence-corrected chi connectivity index (χ3v) is 5.20. The highest BCUT2D eigenvalue weighted by Crippen LogP contribution is 2.28. The number of carbonyl (C=O) groups is 1. The lowest BCUT2D eigenvalue weighted by Crippen LogP contribution is -2.42. The topological polar surface area (TPSA) is 79.6 Å². The van der Waals surface area contributed by atoms with Gasteiger partial charge in [-0.1, -0.05) is 13.8 Å². The van der Waals surface area contributed by atoms with E-state index in [9.17, 15) is 9.90 Å². The van der Waals surface area contributed by atoms with Crippen molar-refractivity contribution in [3.05, 3.63) is 12.3 Å². The molecule has 1 unspecified atom stereocenters. The lowest BCUT2D eigenvalue weighted by molar-refractivity contribution is -0.119. The number of likely N-dealkylation sites (tertiary alicyclic amines) is 1. The van der Waals surface area contributed by atoms with Crippen molar-refractivity contribution in [1.29, 1.82) is 0 Å². The molecule has 1 aromatic rings. The van der Waals surface area contributed by atoms with Crippen LogP contribution in [0.1, 0.15) is 39.2 Å². The molecule has 1 amide bonds. The molecule has 2 saturated heterocycles. The van der Waals surface area contributed by atoms with Gasteiger partial charge in [0.05, 0.1) is 24.8 Å². The molecule has 0 radical (unpaired) electrons. The van der Waals surface area contributed by atoms with Crippen LogP contribution in [0.4, 0.5) is 5.82 Å². The first-order chi connectivity index (χ1) is 12.0. The molecule has 140 valence electrons. The number of aliphatic hydroxyl groups is 1. The van der Waals surface area contributed by atoms with Crippen LogP contribution in [0.3, 0.4) is 0 Å². The summed E-state index contributed by atoms with van der Waals surface area (Å²) >= 11 is 0. The van der Waals surface area contributed by atoms with E-state index in [0.29, 0.717) is 19.3 Å². The molecule has 2 N–H and O–H groups in total. The van der Waals surface area contributed by atoms with E-state index >= 15 is 0 Å². The fourth-order valence-corrected chi connectivity index (χ4v) is 3.65. The molecule has 0 aliphatic carbocycles. The standard InChI is InChI=1S/C18H30N4O3/c1-18(2,13-23)12-21-8-4-15(5-9-21)22-16(3-7-19-22)20-17(24)14-6-10-25-11-14/h3,7,14-15,23H,4-6,8-13H2,1-2H3,(H,20,24). The summed E-state index contributed by atoms with van der Waals surface area (Å²) in [6.45, 7) is 8.43. The van der Waals surface area contributed by atoms with Gasteiger partial charge >= 0.3 is 0 Å². The zero-order chi connectivity index (χ0) is 17.9. The van der Waals surface area contributed by atoms with E-state index in [1.165, 1.54) is 0 Å². The van der Waals surface area contributed by atoms with Gasteiger partial charge in [-0.3, -0.25) is 4.79 Å². The molecule has 3 heterocycles. The maximum Gasteiger partial charge on any atom is 0.231 e. The summed E-state index contributed by atoms with van der Waals surface area (Å²) in [5.74, 6) is 0.762. The number of aromatic nitrogens is 2. The summed E-state index contributed by atoms with van der Waals surface area (Å²) in [5.41, 5.74) is -0.0684. The molecule has 1 atom stereocenters. The molecule has 2 aliphatic rings. The zero-order valence-corrected chi connectivity index (χ0v) is 15.3. The largest absolute Gasteiger partial charge is 0.396 e. The molecule has 25 heavy (non-hydrogen) atoms. The van der Waals surface area contributed by atoms with Crippen molar-refractivity contribution in [3.63, 3.8) is 0 Å². The van der Waals surface area contributed by atoms with Crippen LogP contribution in [0.25, 0.3) is 0 Å². The van der Waals surface area contributed by atoms with Crippen LogP contribution >= 0.6 is 0 Å². The number of hydrogen-bond acceptors (Lipinski definition) is 5. The normalized spacial score (nSPS) is 23.1. The number of aliphatic hydroxyl groups excluding tert-OH is 1. The number of hydrogen-bond donors (Lipinski definition) is 2. The summed E-state index contributed by atoms with van der Waals surface area (Å²) in [6, 6.07) is 2.17. The second-order valence-corrected chi connectivity index (χ2v) is 8.04. The Kier molecular flexibility index (Phi) is 5.76. The second-order valence-electron chi connectivity index (χ2n) is 8.04. The molecular formula is C18H30N4O3. The van der Waals surface area contributed by atoms with Crippen LogP contribution in [0, 0.1) is 11.3 Å². The minimum Gasteiger partial charge on any atom is -0.396 e. The lowest BCUT2D eigenvalue weighted by atomic mass is 9.92. The number of anilines is 1. The van der Waals surface area contributed by atoms with Crippen molar-refractivity contribution in [1.82, 2.24) is 14.7 Å². The van der Waals surface area contributed by atoms with Crippen LogP contribution in [0.2, 0.25) is 0 Å². The maximum absolute atomic E-state index is 12.3. The van der Waals surface area contributed by atoms with Crippen molar-refractivity contribution in [2.45, 2.75) is 39.2 Å². The molecule has 0 saturated carbocycles. The third-order valence-electron chi connectivity index (χ3n) is 5.20. The van der Waals surface area contributed by atoms with Crippen LogP contribution < -0.4 is 5.32 Å².